The molecule has 0 bridgehead atoms. The highest BCUT2D eigenvalue weighted by molar-refractivity contribution is 6.06. The average Bonchev–Trinajstić information content (AvgIpc) is 2.59. The van der Waals surface area contributed by atoms with Gasteiger partial charge in [-0.2, -0.15) is 0 Å². The van der Waals surface area contributed by atoms with Gasteiger partial charge in [-0.1, -0.05) is 18.2 Å². The van der Waals surface area contributed by atoms with Crippen LogP contribution >= 0.6 is 0 Å². The van der Waals surface area contributed by atoms with Crippen LogP contribution < -0.4 is 10.1 Å². The van der Waals surface area contributed by atoms with E-state index in [1.807, 2.05) is 31.2 Å². The maximum atomic E-state index is 11.6. The third-order valence-electron chi connectivity index (χ3n) is 2.56. The Hall–Kier alpha value is -1.84. The normalized spacial score (nSPS) is 19.7. The van der Waals surface area contributed by atoms with Crippen molar-refractivity contribution in [3.63, 3.8) is 0 Å². The lowest BCUT2D eigenvalue weighted by Crippen LogP contribution is -2.21. The number of para-hydroxylation sites is 1. The van der Waals surface area contributed by atoms with Gasteiger partial charge in [0.15, 0.2) is 0 Å². The van der Waals surface area contributed by atoms with Crippen molar-refractivity contribution in [3.8, 4) is 5.75 Å². The fraction of sp³-hybridized carbons (Fsp3) is 0.333. The molecule has 1 saturated heterocycles. The van der Waals surface area contributed by atoms with Gasteiger partial charge < -0.3 is 4.74 Å². The summed E-state index contributed by atoms with van der Waals surface area (Å²) in [6.07, 6.45) is 0.211. The number of carbonyl (C=O) groups is 2. The van der Waals surface area contributed by atoms with Gasteiger partial charge in [-0.15, -0.1) is 0 Å². The van der Waals surface area contributed by atoms with Gasteiger partial charge >= 0.3 is 0 Å². The Bertz CT molecular complexity index is 428. The van der Waals surface area contributed by atoms with Crippen LogP contribution in [0.15, 0.2) is 24.3 Å². The zero-order chi connectivity index (χ0) is 11.5. The molecular formula is C12H13NO3. The summed E-state index contributed by atoms with van der Waals surface area (Å²) in [5, 5.41) is 2.30. The van der Waals surface area contributed by atoms with Gasteiger partial charge in [0.2, 0.25) is 11.8 Å². The van der Waals surface area contributed by atoms with Crippen LogP contribution in [0, 0.1) is 0 Å². The first-order chi connectivity index (χ1) is 7.72. The number of amides is 2. The van der Waals surface area contributed by atoms with Crippen LogP contribution in [0.1, 0.15) is 24.8 Å². The maximum absolute atomic E-state index is 11.6. The third kappa shape index (κ3) is 1.91. The van der Waals surface area contributed by atoms with Crippen molar-refractivity contribution in [2.24, 2.45) is 0 Å². The number of hydrogen-bond donors (Lipinski definition) is 1. The Morgan fingerprint density at radius 2 is 2.12 bits per heavy atom. The molecule has 1 aromatic carbocycles. The highest BCUT2D eigenvalue weighted by atomic mass is 16.5. The van der Waals surface area contributed by atoms with E-state index in [4.69, 9.17) is 4.74 Å². The summed E-state index contributed by atoms with van der Waals surface area (Å²) in [6, 6.07) is 7.33. The minimum Gasteiger partial charge on any atom is -0.494 e. The van der Waals surface area contributed by atoms with Gasteiger partial charge in [0.25, 0.3) is 0 Å². The second-order valence-corrected chi connectivity index (χ2v) is 3.64. The van der Waals surface area contributed by atoms with Crippen molar-refractivity contribution in [1.29, 1.82) is 0 Å². The zero-order valence-electron chi connectivity index (χ0n) is 9.03. The molecule has 1 unspecified atom stereocenters. The predicted octanol–water partition coefficient (Wildman–Crippen LogP) is 1.22. The zero-order valence-corrected chi connectivity index (χ0v) is 9.03. The minimum absolute atomic E-state index is 0.211. The molecule has 16 heavy (non-hydrogen) atoms. The summed E-state index contributed by atoms with van der Waals surface area (Å²) in [7, 11) is 0. The summed E-state index contributed by atoms with van der Waals surface area (Å²) in [6.45, 7) is 2.43. The van der Waals surface area contributed by atoms with Gasteiger partial charge in [-0.3, -0.25) is 14.9 Å². The molecule has 4 nitrogen and oxygen atoms in total. The molecule has 1 N–H and O–H groups in total. The average molecular weight is 219 g/mol. The van der Waals surface area contributed by atoms with Crippen molar-refractivity contribution in [3.05, 3.63) is 29.8 Å². The van der Waals surface area contributed by atoms with Gasteiger partial charge in [-0.25, -0.2) is 0 Å². The van der Waals surface area contributed by atoms with E-state index in [-0.39, 0.29) is 18.2 Å². The summed E-state index contributed by atoms with van der Waals surface area (Å²) in [4.78, 5) is 22.7. The molecule has 1 aromatic rings. The van der Waals surface area contributed by atoms with E-state index in [0.29, 0.717) is 12.4 Å². The van der Waals surface area contributed by atoms with Crippen molar-refractivity contribution in [2.75, 3.05) is 6.61 Å². The summed E-state index contributed by atoms with van der Waals surface area (Å²) in [5.41, 5.74) is 0.785. The maximum Gasteiger partial charge on any atom is 0.234 e. The summed E-state index contributed by atoms with van der Waals surface area (Å²) >= 11 is 0. The van der Waals surface area contributed by atoms with Crippen LogP contribution in [0.25, 0.3) is 0 Å². The second-order valence-electron chi connectivity index (χ2n) is 3.64. The molecule has 1 atom stereocenters. The first-order valence-corrected chi connectivity index (χ1v) is 5.27. The van der Waals surface area contributed by atoms with E-state index in [1.165, 1.54) is 0 Å². The van der Waals surface area contributed by atoms with E-state index in [2.05, 4.69) is 5.32 Å². The first kappa shape index (κ1) is 10.7. The van der Waals surface area contributed by atoms with Crippen LogP contribution in [0.4, 0.5) is 0 Å². The van der Waals surface area contributed by atoms with E-state index in [9.17, 15) is 9.59 Å². The molecule has 4 heteroatoms. The van der Waals surface area contributed by atoms with Crippen molar-refractivity contribution in [1.82, 2.24) is 5.32 Å². The van der Waals surface area contributed by atoms with Crippen molar-refractivity contribution in [2.45, 2.75) is 19.3 Å². The Morgan fingerprint density at radius 3 is 2.75 bits per heavy atom. The van der Waals surface area contributed by atoms with Crippen molar-refractivity contribution < 1.29 is 14.3 Å². The highest BCUT2D eigenvalue weighted by Gasteiger charge is 2.33. The molecule has 1 aliphatic heterocycles. The van der Waals surface area contributed by atoms with Crippen LogP contribution in [0.5, 0.6) is 5.75 Å². The molecule has 1 fully saturated rings. The quantitative estimate of drug-likeness (QED) is 0.777. The van der Waals surface area contributed by atoms with Crippen molar-refractivity contribution >= 4 is 11.8 Å². The lowest BCUT2D eigenvalue weighted by molar-refractivity contribution is -0.125. The largest absolute Gasteiger partial charge is 0.494 e. The van der Waals surface area contributed by atoms with E-state index in [0.717, 1.165) is 5.56 Å². The molecule has 0 radical (unpaired) electrons. The Balaban J connectivity index is 2.32. The number of imide groups is 1. The number of hydrogen-bond acceptors (Lipinski definition) is 3. The highest BCUT2D eigenvalue weighted by Crippen LogP contribution is 2.31. The number of rotatable bonds is 3. The van der Waals surface area contributed by atoms with Gasteiger partial charge in [0.1, 0.15) is 5.75 Å². The topological polar surface area (TPSA) is 55.4 Å². The molecular weight excluding hydrogens is 206 g/mol. The smallest absolute Gasteiger partial charge is 0.234 e. The molecule has 2 amide bonds. The van der Waals surface area contributed by atoms with Crippen LogP contribution in [-0.2, 0) is 9.59 Å². The summed E-state index contributed by atoms with van der Waals surface area (Å²) < 4.78 is 5.44. The summed E-state index contributed by atoms with van der Waals surface area (Å²) in [5.74, 6) is -0.187. The standard InChI is InChI=1S/C12H13NO3/c1-2-16-10-6-4-3-5-8(10)9-7-11(14)13-12(9)15/h3-6,9H,2,7H2,1H3,(H,13,14,15). The first-order valence-electron chi connectivity index (χ1n) is 5.27. The van der Waals surface area contributed by atoms with Crippen LogP contribution in [0.2, 0.25) is 0 Å². The lowest BCUT2D eigenvalue weighted by Gasteiger charge is -2.12. The Kier molecular flexibility index (Phi) is 2.90. The van der Waals surface area contributed by atoms with E-state index < -0.39 is 5.92 Å². The van der Waals surface area contributed by atoms with E-state index in [1.54, 1.807) is 0 Å². The lowest BCUT2D eigenvalue weighted by atomic mass is 9.97. The monoisotopic (exact) mass is 219 g/mol. The van der Waals surface area contributed by atoms with Crippen LogP contribution in [0.3, 0.4) is 0 Å². The fourth-order valence-corrected chi connectivity index (χ4v) is 1.86. The Labute approximate surface area is 93.6 Å². The fourth-order valence-electron chi connectivity index (χ4n) is 1.86. The molecule has 2 rings (SSSR count). The number of carbonyl (C=O) groups excluding carboxylic acids is 2. The van der Waals surface area contributed by atoms with Gasteiger partial charge in [0.05, 0.1) is 12.5 Å². The molecule has 1 heterocycles. The number of nitrogens with one attached hydrogen (secondary N) is 1. The second kappa shape index (κ2) is 4.35. The SMILES string of the molecule is CCOc1ccccc1C1CC(=O)NC1=O. The molecule has 0 aliphatic carbocycles. The molecule has 1 aliphatic rings. The number of ether oxygens (including phenoxy) is 1. The van der Waals surface area contributed by atoms with Gasteiger partial charge in [0, 0.05) is 12.0 Å². The molecule has 0 saturated carbocycles. The molecule has 0 spiro atoms. The Morgan fingerprint density at radius 1 is 1.38 bits per heavy atom. The number of benzene rings is 1. The van der Waals surface area contributed by atoms with Crippen LogP contribution in [-0.4, -0.2) is 18.4 Å². The molecule has 0 aromatic heterocycles. The molecule has 84 valence electrons. The van der Waals surface area contributed by atoms with E-state index >= 15 is 0 Å². The third-order valence-corrected chi connectivity index (χ3v) is 2.56. The predicted molar refractivity (Wildman–Crippen MR) is 58.1 cm³/mol. The van der Waals surface area contributed by atoms with Gasteiger partial charge in [-0.05, 0) is 13.0 Å². The minimum atomic E-state index is -0.407.